The summed E-state index contributed by atoms with van der Waals surface area (Å²) in [5, 5.41) is 9.36. The Labute approximate surface area is 110 Å². The van der Waals surface area contributed by atoms with Gasteiger partial charge in [0.2, 0.25) is 5.90 Å². The van der Waals surface area contributed by atoms with Gasteiger partial charge in [-0.15, -0.1) is 0 Å². The molecule has 0 bridgehead atoms. The number of rotatable bonds is 2. The van der Waals surface area contributed by atoms with Crippen molar-refractivity contribution in [3.05, 3.63) is 65.5 Å². The summed E-state index contributed by atoms with van der Waals surface area (Å²) < 4.78 is 19.4. The van der Waals surface area contributed by atoms with Gasteiger partial charge in [-0.05, 0) is 17.7 Å². The first-order chi connectivity index (χ1) is 9.25. The monoisotopic (exact) mass is 257 g/mol. The van der Waals surface area contributed by atoms with Crippen molar-refractivity contribution in [3.8, 4) is 5.75 Å². The van der Waals surface area contributed by atoms with Gasteiger partial charge in [0.15, 0.2) is 11.6 Å². The van der Waals surface area contributed by atoms with E-state index < -0.39 is 11.6 Å². The second-order valence-corrected chi connectivity index (χ2v) is 4.30. The number of aromatic hydroxyl groups is 1. The standard InChI is InChI=1S/C15H12FNO2/c16-14-11(7-4-8-12(14)18)15-17-9-13(19-15)10-5-2-1-3-6-10/h1-8,13,18H,9H2/t13-/m0/s1. The highest BCUT2D eigenvalue weighted by Crippen LogP contribution is 2.28. The Morgan fingerprint density at radius 1 is 1.11 bits per heavy atom. The molecule has 19 heavy (non-hydrogen) atoms. The third-order valence-electron chi connectivity index (χ3n) is 3.03. The fraction of sp³-hybridized carbons (Fsp3) is 0.133. The minimum absolute atomic E-state index is 0.193. The first-order valence-corrected chi connectivity index (χ1v) is 5.99. The first-order valence-electron chi connectivity index (χ1n) is 5.99. The third-order valence-corrected chi connectivity index (χ3v) is 3.03. The Morgan fingerprint density at radius 3 is 2.68 bits per heavy atom. The number of benzene rings is 2. The lowest BCUT2D eigenvalue weighted by atomic mass is 10.1. The van der Waals surface area contributed by atoms with Crippen LogP contribution >= 0.6 is 0 Å². The molecule has 0 spiro atoms. The number of phenolic OH excluding ortho intramolecular Hbond substituents is 1. The van der Waals surface area contributed by atoms with Crippen LogP contribution in [-0.4, -0.2) is 17.5 Å². The van der Waals surface area contributed by atoms with E-state index in [1.807, 2.05) is 30.3 Å². The van der Waals surface area contributed by atoms with Gasteiger partial charge >= 0.3 is 0 Å². The van der Waals surface area contributed by atoms with Gasteiger partial charge in [-0.2, -0.15) is 0 Å². The number of hydrogen-bond acceptors (Lipinski definition) is 3. The summed E-state index contributed by atoms with van der Waals surface area (Å²) in [5.41, 5.74) is 1.19. The molecule has 1 aliphatic heterocycles. The Balaban J connectivity index is 1.84. The first kappa shape index (κ1) is 11.7. The van der Waals surface area contributed by atoms with E-state index >= 15 is 0 Å². The molecule has 3 nitrogen and oxygen atoms in total. The molecule has 0 saturated heterocycles. The van der Waals surface area contributed by atoms with Gasteiger partial charge in [0.25, 0.3) is 0 Å². The molecule has 2 aromatic carbocycles. The number of phenols is 1. The predicted octanol–water partition coefficient (Wildman–Crippen LogP) is 3.05. The largest absolute Gasteiger partial charge is 0.505 e. The van der Waals surface area contributed by atoms with Crippen LogP contribution in [0, 0.1) is 5.82 Å². The number of halogens is 1. The molecule has 4 heteroatoms. The van der Waals surface area contributed by atoms with Gasteiger partial charge in [0, 0.05) is 0 Å². The molecule has 1 aliphatic rings. The van der Waals surface area contributed by atoms with Crippen molar-refractivity contribution in [3.63, 3.8) is 0 Å². The number of nitrogens with zero attached hydrogens (tertiary/aromatic N) is 1. The summed E-state index contributed by atoms with van der Waals surface area (Å²) in [4.78, 5) is 4.21. The molecular formula is C15H12FNO2. The molecule has 1 atom stereocenters. The van der Waals surface area contributed by atoms with E-state index in [0.717, 1.165) is 5.56 Å². The highest BCUT2D eigenvalue weighted by molar-refractivity contribution is 5.95. The maximum absolute atomic E-state index is 13.8. The lowest BCUT2D eigenvalue weighted by Crippen LogP contribution is -2.07. The maximum atomic E-state index is 13.8. The van der Waals surface area contributed by atoms with Crippen molar-refractivity contribution < 1.29 is 14.2 Å². The average Bonchev–Trinajstić information content (AvgIpc) is 2.92. The summed E-state index contributed by atoms with van der Waals surface area (Å²) in [5.74, 6) is -0.857. The number of hydrogen-bond donors (Lipinski definition) is 1. The topological polar surface area (TPSA) is 41.8 Å². The summed E-state index contributed by atoms with van der Waals surface area (Å²) in [6.07, 6.45) is -0.196. The Hall–Kier alpha value is -2.36. The minimum Gasteiger partial charge on any atom is -0.505 e. The number of ether oxygens (including phenoxy) is 1. The van der Waals surface area contributed by atoms with Crippen LogP contribution in [0.1, 0.15) is 17.2 Å². The molecule has 96 valence electrons. The molecule has 0 amide bonds. The van der Waals surface area contributed by atoms with Crippen LogP contribution in [0.4, 0.5) is 4.39 Å². The second-order valence-electron chi connectivity index (χ2n) is 4.30. The van der Waals surface area contributed by atoms with E-state index in [1.165, 1.54) is 6.07 Å². The molecule has 0 radical (unpaired) electrons. The van der Waals surface area contributed by atoms with Crippen LogP contribution in [0.25, 0.3) is 0 Å². The van der Waals surface area contributed by atoms with Gasteiger partial charge in [-0.1, -0.05) is 36.4 Å². The highest BCUT2D eigenvalue weighted by Gasteiger charge is 2.25. The van der Waals surface area contributed by atoms with Gasteiger partial charge in [-0.3, -0.25) is 0 Å². The zero-order valence-electron chi connectivity index (χ0n) is 10.1. The molecule has 1 N–H and O–H groups in total. The summed E-state index contributed by atoms with van der Waals surface area (Å²) in [6.45, 7) is 0.453. The van der Waals surface area contributed by atoms with Gasteiger partial charge < -0.3 is 9.84 Å². The number of aliphatic imine (C=N–C) groups is 1. The van der Waals surface area contributed by atoms with E-state index in [2.05, 4.69) is 4.99 Å². The van der Waals surface area contributed by atoms with Crippen molar-refractivity contribution in [1.82, 2.24) is 0 Å². The zero-order valence-corrected chi connectivity index (χ0v) is 10.1. The van der Waals surface area contributed by atoms with Crippen molar-refractivity contribution in [2.75, 3.05) is 6.54 Å². The normalized spacial score (nSPS) is 17.9. The van der Waals surface area contributed by atoms with Crippen LogP contribution < -0.4 is 0 Å². The van der Waals surface area contributed by atoms with E-state index in [-0.39, 0.29) is 17.6 Å². The van der Waals surface area contributed by atoms with Crippen LogP contribution in [-0.2, 0) is 4.74 Å². The smallest absolute Gasteiger partial charge is 0.220 e. The Bertz CT molecular complexity index is 625. The van der Waals surface area contributed by atoms with E-state index in [0.29, 0.717) is 6.54 Å². The molecule has 0 saturated carbocycles. The molecule has 1 heterocycles. The average molecular weight is 257 g/mol. The van der Waals surface area contributed by atoms with Crippen LogP contribution in [0.3, 0.4) is 0 Å². The van der Waals surface area contributed by atoms with Gasteiger partial charge in [0.05, 0.1) is 12.1 Å². The second kappa shape index (κ2) is 4.72. The fourth-order valence-corrected chi connectivity index (χ4v) is 2.05. The molecule has 0 unspecified atom stereocenters. The van der Waals surface area contributed by atoms with Crippen molar-refractivity contribution >= 4 is 5.90 Å². The summed E-state index contributed by atoms with van der Waals surface area (Å²) in [7, 11) is 0. The quantitative estimate of drug-likeness (QED) is 0.898. The predicted molar refractivity (Wildman–Crippen MR) is 69.7 cm³/mol. The van der Waals surface area contributed by atoms with Crippen molar-refractivity contribution in [2.24, 2.45) is 4.99 Å². The SMILES string of the molecule is Oc1cccc(C2=NC[C@@H](c3ccccc3)O2)c1F. The van der Waals surface area contributed by atoms with Gasteiger partial charge in [-0.25, -0.2) is 9.38 Å². The van der Waals surface area contributed by atoms with Crippen LogP contribution in [0.15, 0.2) is 53.5 Å². The Kier molecular flexibility index (Phi) is 2.91. The van der Waals surface area contributed by atoms with E-state index in [4.69, 9.17) is 4.74 Å². The van der Waals surface area contributed by atoms with E-state index in [1.54, 1.807) is 12.1 Å². The lowest BCUT2D eigenvalue weighted by molar-refractivity contribution is 0.229. The molecule has 0 fully saturated rings. The zero-order chi connectivity index (χ0) is 13.2. The van der Waals surface area contributed by atoms with Crippen LogP contribution in [0.2, 0.25) is 0 Å². The summed E-state index contributed by atoms with van der Waals surface area (Å²) in [6, 6.07) is 14.1. The lowest BCUT2D eigenvalue weighted by Gasteiger charge is -2.12. The van der Waals surface area contributed by atoms with Gasteiger partial charge in [0.1, 0.15) is 6.10 Å². The highest BCUT2D eigenvalue weighted by atomic mass is 19.1. The van der Waals surface area contributed by atoms with Crippen LogP contribution in [0.5, 0.6) is 5.75 Å². The molecule has 0 aromatic heterocycles. The molecular weight excluding hydrogens is 245 g/mol. The maximum Gasteiger partial charge on any atom is 0.220 e. The summed E-state index contributed by atoms with van der Waals surface area (Å²) >= 11 is 0. The molecule has 0 aliphatic carbocycles. The Morgan fingerprint density at radius 2 is 1.89 bits per heavy atom. The molecule has 2 aromatic rings. The van der Waals surface area contributed by atoms with Crippen molar-refractivity contribution in [2.45, 2.75) is 6.10 Å². The molecule has 3 rings (SSSR count). The fourth-order valence-electron chi connectivity index (χ4n) is 2.05. The van der Waals surface area contributed by atoms with Crippen molar-refractivity contribution in [1.29, 1.82) is 0 Å². The minimum atomic E-state index is -0.699. The van der Waals surface area contributed by atoms with E-state index in [9.17, 15) is 9.50 Å². The third kappa shape index (κ3) is 2.17.